The molecular formula is C20H20N2O5. The first-order valence-corrected chi connectivity index (χ1v) is 8.26. The van der Waals surface area contributed by atoms with Crippen LogP contribution in [-0.4, -0.2) is 36.7 Å². The number of hydrogen-bond donors (Lipinski definition) is 2. The number of nitrogens with one attached hydrogen (secondary N) is 2. The second-order valence-corrected chi connectivity index (χ2v) is 5.89. The number of esters is 1. The Balaban J connectivity index is 1.78. The second-order valence-electron chi connectivity index (χ2n) is 5.89. The molecule has 2 aromatic rings. The van der Waals surface area contributed by atoms with Gasteiger partial charge in [-0.2, -0.15) is 0 Å². The van der Waals surface area contributed by atoms with Gasteiger partial charge in [0.2, 0.25) is 5.91 Å². The lowest BCUT2D eigenvalue weighted by atomic mass is 10.1. The molecule has 0 bridgehead atoms. The van der Waals surface area contributed by atoms with Crippen molar-refractivity contribution in [3.8, 4) is 0 Å². The fourth-order valence-corrected chi connectivity index (χ4v) is 2.26. The van der Waals surface area contributed by atoms with Gasteiger partial charge in [0.25, 0.3) is 5.91 Å². The number of Topliss-reactive ketones (excluding diaryl/α,β-unsaturated/α-hetero) is 1. The Morgan fingerprint density at radius 1 is 0.963 bits per heavy atom. The Kier molecular flexibility index (Phi) is 6.82. The van der Waals surface area contributed by atoms with Gasteiger partial charge in [0.05, 0.1) is 0 Å². The van der Waals surface area contributed by atoms with Crippen LogP contribution in [0.25, 0.3) is 0 Å². The summed E-state index contributed by atoms with van der Waals surface area (Å²) in [7, 11) is 0. The van der Waals surface area contributed by atoms with Gasteiger partial charge in [0, 0.05) is 23.7 Å². The number of benzene rings is 2. The van der Waals surface area contributed by atoms with Gasteiger partial charge in [-0.3, -0.25) is 19.2 Å². The summed E-state index contributed by atoms with van der Waals surface area (Å²) >= 11 is 0. The second kappa shape index (κ2) is 9.28. The minimum Gasteiger partial charge on any atom is -0.456 e. The summed E-state index contributed by atoms with van der Waals surface area (Å²) in [5.74, 6) is -1.70. The summed E-state index contributed by atoms with van der Waals surface area (Å²) in [6, 6.07) is 13.2. The third-order valence-corrected chi connectivity index (χ3v) is 3.57. The van der Waals surface area contributed by atoms with E-state index in [0.29, 0.717) is 16.8 Å². The average Bonchev–Trinajstić information content (AvgIpc) is 2.64. The zero-order valence-corrected chi connectivity index (χ0v) is 15.1. The lowest BCUT2D eigenvalue weighted by Gasteiger charge is -2.07. The first kappa shape index (κ1) is 19.8. The maximum absolute atomic E-state index is 12.0. The van der Waals surface area contributed by atoms with Crippen LogP contribution in [0, 0.1) is 6.92 Å². The van der Waals surface area contributed by atoms with E-state index in [1.165, 1.54) is 19.1 Å². The van der Waals surface area contributed by atoms with Gasteiger partial charge in [-0.1, -0.05) is 17.7 Å². The third-order valence-electron chi connectivity index (χ3n) is 3.57. The minimum atomic E-state index is -0.709. The molecule has 0 saturated carbocycles. The molecule has 0 aliphatic rings. The van der Waals surface area contributed by atoms with Crippen molar-refractivity contribution >= 4 is 29.3 Å². The highest BCUT2D eigenvalue weighted by Gasteiger charge is 2.12. The molecule has 2 rings (SSSR count). The van der Waals surface area contributed by atoms with Gasteiger partial charge in [-0.25, -0.2) is 0 Å². The van der Waals surface area contributed by atoms with E-state index in [1.807, 2.05) is 13.0 Å². The van der Waals surface area contributed by atoms with Crippen molar-refractivity contribution in [2.45, 2.75) is 13.8 Å². The maximum atomic E-state index is 12.0. The smallest absolute Gasteiger partial charge is 0.325 e. The van der Waals surface area contributed by atoms with Gasteiger partial charge in [0.15, 0.2) is 12.4 Å². The molecular weight excluding hydrogens is 348 g/mol. The molecule has 2 aromatic carbocycles. The lowest BCUT2D eigenvalue weighted by molar-refractivity contribution is -0.141. The Morgan fingerprint density at radius 3 is 2.30 bits per heavy atom. The molecule has 0 aliphatic heterocycles. The minimum absolute atomic E-state index is 0.212. The molecule has 0 unspecified atom stereocenters. The summed E-state index contributed by atoms with van der Waals surface area (Å²) < 4.78 is 4.89. The van der Waals surface area contributed by atoms with Crippen molar-refractivity contribution in [3.63, 3.8) is 0 Å². The predicted octanol–water partition coefficient (Wildman–Crippen LogP) is 2.11. The molecule has 0 fully saturated rings. The van der Waals surface area contributed by atoms with Crippen molar-refractivity contribution in [1.29, 1.82) is 0 Å². The molecule has 0 radical (unpaired) electrons. The third kappa shape index (κ3) is 6.39. The molecule has 2 amide bonds. The van der Waals surface area contributed by atoms with E-state index in [9.17, 15) is 19.2 Å². The molecule has 0 aliphatic carbocycles. The zero-order chi connectivity index (χ0) is 19.8. The van der Waals surface area contributed by atoms with Crippen LogP contribution < -0.4 is 10.6 Å². The van der Waals surface area contributed by atoms with Crippen molar-refractivity contribution in [2.24, 2.45) is 0 Å². The molecule has 0 saturated heterocycles. The Labute approximate surface area is 156 Å². The highest BCUT2D eigenvalue weighted by molar-refractivity contribution is 5.99. The Hall–Kier alpha value is -3.48. The number of anilines is 1. The van der Waals surface area contributed by atoms with Crippen LogP contribution in [-0.2, 0) is 14.3 Å². The molecule has 27 heavy (non-hydrogen) atoms. The van der Waals surface area contributed by atoms with Crippen molar-refractivity contribution in [2.75, 3.05) is 18.5 Å². The average molecular weight is 368 g/mol. The topological polar surface area (TPSA) is 102 Å². The summed E-state index contributed by atoms with van der Waals surface area (Å²) in [6.45, 7) is 2.48. The Bertz CT molecular complexity index is 859. The van der Waals surface area contributed by atoms with E-state index >= 15 is 0 Å². The van der Waals surface area contributed by atoms with Crippen molar-refractivity contribution < 1.29 is 23.9 Å². The summed E-state index contributed by atoms with van der Waals surface area (Å²) in [6.07, 6.45) is 0. The number of ketones is 1. The van der Waals surface area contributed by atoms with E-state index in [4.69, 9.17) is 4.74 Å². The molecule has 7 heteroatoms. The molecule has 2 N–H and O–H groups in total. The van der Waals surface area contributed by atoms with E-state index in [-0.39, 0.29) is 18.2 Å². The van der Waals surface area contributed by atoms with E-state index in [0.717, 1.165) is 5.56 Å². The van der Waals surface area contributed by atoms with E-state index in [1.54, 1.807) is 30.3 Å². The molecule has 0 spiro atoms. The van der Waals surface area contributed by atoms with Crippen LogP contribution >= 0.6 is 0 Å². The van der Waals surface area contributed by atoms with Crippen LogP contribution in [0.3, 0.4) is 0 Å². The van der Waals surface area contributed by atoms with Gasteiger partial charge >= 0.3 is 5.97 Å². The number of rotatable bonds is 7. The summed E-state index contributed by atoms with van der Waals surface area (Å²) in [5, 5.41) is 5.04. The molecule has 0 atom stereocenters. The lowest BCUT2D eigenvalue weighted by Crippen LogP contribution is -2.31. The molecule has 7 nitrogen and oxygen atoms in total. The Morgan fingerprint density at radius 2 is 1.67 bits per heavy atom. The van der Waals surface area contributed by atoms with Gasteiger partial charge in [0.1, 0.15) is 6.54 Å². The number of amides is 2. The van der Waals surface area contributed by atoms with Crippen LogP contribution in [0.15, 0.2) is 48.5 Å². The van der Waals surface area contributed by atoms with E-state index < -0.39 is 18.5 Å². The van der Waals surface area contributed by atoms with Crippen LogP contribution in [0.1, 0.15) is 33.2 Å². The predicted molar refractivity (Wildman–Crippen MR) is 99.5 cm³/mol. The molecule has 140 valence electrons. The summed E-state index contributed by atoms with van der Waals surface area (Å²) in [4.78, 5) is 46.7. The van der Waals surface area contributed by atoms with Gasteiger partial charge in [-0.05, 0) is 43.3 Å². The van der Waals surface area contributed by atoms with Crippen LogP contribution in [0.4, 0.5) is 5.69 Å². The monoisotopic (exact) mass is 368 g/mol. The first-order chi connectivity index (χ1) is 12.8. The fraction of sp³-hybridized carbons (Fsp3) is 0.200. The first-order valence-electron chi connectivity index (χ1n) is 8.26. The largest absolute Gasteiger partial charge is 0.456 e. The fourth-order valence-electron chi connectivity index (χ4n) is 2.26. The number of ether oxygens (including phenoxy) is 1. The van der Waals surface area contributed by atoms with Crippen molar-refractivity contribution in [1.82, 2.24) is 5.32 Å². The standard InChI is InChI=1S/C20H20N2O5/c1-13-4-3-5-16(10-13)20(26)21-11-19(25)27-12-18(24)15-6-8-17(9-7-15)22-14(2)23/h3-10H,11-12H2,1-2H3,(H,21,26)(H,22,23). The van der Waals surface area contributed by atoms with Crippen LogP contribution in [0.2, 0.25) is 0 Å². The maximum Gasteiger partial charge on any atom is 0.325 e. The normalized spacial score (nSPS) is 10.0. The quantitative estimate of drug-likeness (QED) is 0.576. The highest BCUT2D eigenvalue weighted by atomic mass is 16.5. The van der Waals surface area contributed by atoms with Crippen molar-refractivity contribution in [3.05, 3.63) is 65.2 Å². The van der Waals surface area contributed by atoms with Gasteiger partial charge in [-0.15, -0.1) is 0 Å². The SMILES string of the molecule is CC(=O)Nc1ccc(C(=O)COC(=O)CNC(=O)c2cccc(C)c2)cc1. The molecule has 0 aromatic heterocycles. The van der Waals surface area contributed by atoms with Crippen LogP contribution in [0.5, 0.6) is 0 Å². The highest BCUT2D eigenvalue weighted by Crippen LogP contribution is 2.10. The zero-order valence-electron chi connectivity index (χ0n) is 15.1. The number of carbonyl (C=O) groups is 4. The van der Waals surface area contributed by atoms with Gasteiger partial charge < -0.3 is 15.4 Å². The summed E-state index contributed by atoms with van der Waals surface area (Å²) in [5.41, 5.74) is 2.29. The molecule has 0 heterocycles. The number of aryl methyl sites for hydroxylation is 1. The number of carbonyl (C=O) groups excluding carboxylic acids is 4. The van der Waals surface area contributed by atoms with E-state index in [2.05, 4.69) is 10.6 Å². The number of hydrogen-bond acceptors (Lipinski definition) is 5.